The predicted octanol–water partition coefficient (Wildman–Crippen LogP) is 1.71. The highest BCUT2D eigenvalue weighted by Crippen LogP contribution is 2.31. The molecular weight excluding hydrogens is 268 g/mol. The van der Waals surface area contributed by atoms with E-state index in [4.69, 9.17) is 4.74 Å². The fraction of sp³-hybridized carbons (Fsp3) is 0.875. The van der Waals surface area contributed by atoms with Crippen molar-refractivity contribution in [1.29, 1.82) is 0 Å². The number of amides is 2. The second kappa shape index (κ2) is 6.77. The zero-order valence-electron chi connectivity index (χ0n) is 13.6. The molecule has 4 atom stereocenters. The number of carbonyl (C=O) groups excluding carboxylic acids is 2. The quantitative estimate of drug-likeness (QED) is 0.840. The minimum atomic E-state index is -0.359. The topological polar surface area (TPSA) is 58.6 Å². The first-order chi connectivity index (χ1) is 9.97. The smallest absolute Gasteiger partial charge is 0.246 e. The third-order valence-electron chi connectivity index (χ3n) is 4.68. The van der Waals surface area contributed by atoms with Crippen molar-refractivity contribution in [3.63, 3.8) is 0 Å². The largest absolute Gasteiger partial charge is 0.381 e. The van der Waals surface area contributed by atoms with E-state index in [0.717, 1.165) is 19.3 Å². The van der Waals surface area contributed by atoms with E-state index >= 15 is 0 Å². The molecule has 2 aliphatic rings. The Morgan fingerprint density at radius 2 is 2.05 bits per heavy atom. The second-order valence-electron chi connectivity index (χ2n) is 6.68. The number of hydrogen-bond donors (Lipinski definition) is 1. The van der Waals surface area contributed by atoms with E-state index in [9.17, 15) is 9.59 Å². The first-order valence-electron chi connectivity index (χ1n) is 8.13. The molecule has 1 aliphatic carbocycles. The summed E-state index contributed by atoms with van der Waals surface area (Å²) in [6.45, 7) is 6.12. The maximum Gasteiger partial charge on any atom is 0.246 e. The first kappa shape index (κ1) is 16.3. The molecule has 1 N–H and O–H groups in total. The Morgan fingerprint density at radius 1 is 1.33 bits per heavy atom. The molecule has 0 radical (unpaired) electrons. The first-order valence-corrected chi connectivity index (χ1v) is 8.13. The van der Waals surface area contributed by atoms with Gasteiger partial charge in [-0.25, -0.2) is 0 Å². The summed E-state index contributed by atoms with van der Waals surface area (Å²) in [5.74, 6) is 0.482. The summed E-state index contributed by atoms with van der Waals surface area (Å²) in [7, 11) is 1.72. The number of carbonyl (C=O) groups is 2. The van der Waals surface area contributed by atoms with Gasteiger partial charge in [0.1, 0.15) is 12.1 Å². The molecule has 4 unspecified atom stereocenters. The van der Waals surface area contributed by atoms with Gasteiger partial charge in [0.15, 0.2) is 0 Å². The molecular formula is C16H28N2O3. The summed E-state index contributed by atoms with van der Waals surface area (Å²) < 4.78 is 5.42. The number of ether oxygens (including phenoxy) is 1. The molecule has 1 aliphatic heterocycles. The Balaban J connectivity index is 2.17. The van der Waals surface area contributed by atoms with Gasteiger partial charge in [-0.05, 0) is 38.0 Å². The van der Waals surface area contributed by atoms with E-state index in [1.165, 1.54) is 0 Å². The number of nitrogens with zero attached hydrogens (tertiary/aromatic N) is 1. The fourth-order valence-corrected chi connectivity index (χ4v) is 3.62. The number of hydrogen-bond acceptors (Lipinski definition) is 3. The lowest BCUT2D eigenvalue weighted by Gasteiger charge is -2.42. The summed E-state index contributed by atoms with van der Waals surface area (Å²) in [6.07, 6.45) is 4.34. The van der Waals surface area contributed by atoms with Crippen LogP contribution in [0.25, 0.3) is 0 Å². The Bertz CT molecular complexity index is 397. The van der Waals surface area contributed by atoms with Crippen molar-refractivity contribution in [2.75, 3.05) is 7.11 Å². The van der Waals surface area contributed by atoms with Crippen molar-refractivity contribution >= 4 is 11.8 Å². The van der Waals surface area contributed by atoms with Crippen LogP contribution in [0.4, 0.5) is 0 Å². The molecule has 1 heterocycles. The SMILES string of the molecule is CCC1C(=O)NC(CC(C)C)C(=O)N1C1CCC(OC)C1. The zero-order chi connectivity index (χ0) is 15.6. The van der Waals surface area contributed by atoms with Gasteiger partial charge >= 0.3 is 0 Å². The van der Waals surface area contributed by atoms with Crippen LogP contribution in [-0.2, 0) is 14.3 Å². The molecule has 0 bridgehead atoms. The lowest BCUT2D eigenvalue weighted by atomic mass is 9.95. The van der Waals surface area contributed by atoms with Gasteiger partial charge in [0, 0.05) is 13.2 Å². The molecule has 2 fully saturated rings. The second-order valence-corrected chi connectivity index (χ2v) is 6.68. The summed E-state index contributed by atoms with van der Waals surface area (Å²) >= 11 is 0. The molecule has 2 rings (SSSR count). The van der Waals surface area contributed by atoms with Crippen LogP contribution in [0.1, 0.15) is 52.9 Å². The van der Waals surface area contributed by atoms with Crippen molar-refractivity contribution in [3.8, 4) is 0 Å². The number of nitrogens with one attached hydrogen (secondary N) is 1. The highest BCUT2D eigenvalue weighted by molar-refractivity contribution is 5.97. The highest BCUT2D eigenvalue weighted by atomic mass is 16.5. The van der Waals surface area contributed by atoms with Crippen molar-refractivity contribution < 1.29 is 14.3 Å². The van der Waals surface area contributed by atoms with Gasteiger partial charge in [-0.2, -0.15) is 0 Å². The van der Waals surface area contributed by atoms with Crippen molar-refractivity contribution in [3.05, 3.63) is 0 Å². The maximum absolute atomic E-state index is 12.8. The summed E-state index contributed by atoms with van der Waals surface area (Å²) in [6, 6.07) is -0.531. The summed E-state index contributed by atoms with van der Waals surface area (Å²) in [5.41, 5.74) is 0. The minimum Gasteiger partial charge on any atom is -0.381 e. The molecule has 0 aromatic rings. The zero-order valence-corrected chi connectivity index (χ0v) is 13.6. The molecule has 1 saturated heterocycles. The van der Waals surface area contributed by atoms with Gasteiger partial charge in [-0.3, -0.25) is 9.59 Å². The third-order valence-corrected chi connectivity index (χ3v) is 4.68. The van der Waals surface area contributed by atoms with Gasteiger partial charge in [-0.15, -0.1) is 0 Å². The van der Waals surface area contributed by atoms with E-state index in [-0.39, 0.29) is 36.0 Å². The van der Waals surface area contributed by atoms with Crippen LogP contribution in [0.3, 0.4) is 0 Å². The average Bonchev–Trinajstić information content (AvgIpc) is 2.90. The van der Waals surface area contributed by atoms with E-state index in [1.807, 2.05) is 11.8 Å². The van der Waals surface area contributed by atoms with Gasteiger partial charge in [0.2, 0.25) is 11.8 Å². The van der Waals surface area contributed by atoms with Crippen molar-refractivity contribution in [2.24, 2.45) is 5.92 Å². The standard InChI is InChI=1S/C16H28N2O3/c1-5-14-15(19)17-13(8-10(2)3)16(20)18(14)11-6-7-12(9-11)21-4/h10-14H,5-9H2,1-4H3,(H,17,19). The van der Waals surface area contributed by atoms with Crippen LogP contribution >= 0.6 is 0 Å². The predicted molar refractivity (Wildman–Crippen MR) is 80.7 cm³/mol. The lowest BCUT2D eigenvalue weighted by Crippen LogP contribution is -2.65. The normalized spacial score (nSPS) is 33.7. The van der Waals surface area contributed by atoms with Crippen molar-refractivity contribution in [1.82, 2.24) is 10.2 Å². The van der Waals surface area contributed by atoms with E-state index in [2.05, 4.69) is 19.2 Å². The summed E-state index contributed by atoms with van der Waals surface area (Å²) in [5, 5.41) is 2.92. The van der Waals surface area contributed by atoms with Crippen LogP contribution in [-0.4, -0.2) is 48.1 Å². The summed E-state index contributed by atoms with van der Waals surface area (Å²) in [4.78, 5) is 27.0. The lowest BCUT2D eigenvalue weighted by molar-refractivity contribution is -0.152. The van der Waals surface area contributed by atoms with E-state index < -0.39 is 0 Å². The number of methoxy groups -OCH3 is 1. The molecule has 2 amide bonds. The van der Waals surface area contributed by atoms with Crippen LogP contribution in [0.2, 0.25) is 0 Å². The minimum absolute atomic E-state index is 0.00335. The van der Waals surface area contributed by atoms with Gasteiger partial charge < -0.3 is 15.0 Å². The Hall–Kier alpha value is -1.10. The maximum atomic E-state index is 12.8. The fourth-order valence-electron chi connectivity index (χ4n) is 3.62. The average molecular weight is 296 g/mol. The van der Waals surface area contributed by atoms with Gasteiger partial charge in [-0.1, -0.05) is 20.8 Å². The Morgan fingerprint density at radius 3 is 2.57 bits per heavy atom. The molecule has 0 spiro atoms. The molecule has 21 heavy (non-hydrogen) atoms. The monoisotopic (exact) mass is 296 g/mol. The molecule has 5 heteroatoms. The molecule has 0 aromatic heterocycles. The highest BCUT2D eigenvalue weighted by Gasteiger charge is 2.44. The molecule has 0 aromatic carbocycles. The Kier molecular flexibility index (Phi) is 5.25. The van der Waals surface area contributed by atoms with Crippen LogP contribution in [0, 0.1) is 5.92 Å². The van der Waals surface area contributed by atoms with Crippen molar-refractivity contribution in [2.45, 2.75) is 77.1 Å². The third kappa shape index (κ3) is 3.39. The Labute approximate surface area is 127 Å². The number of piperazine rings is 1. The van der Waals surface area contributed by atoms with Gasteiger partial charge in [0.05, 0.1) is 6.10 Å². The molecule has 5 nitrogen and oxygen atoms in total. The van der Waals surface area contributed by atoms with Crippen LogP contribution < -0.4 is 5.32 Å². The van der Waals surface area contributed by atoms with E-state index in [1.54, 1.807) is 7.11 Å². The van der Waals surface area contributed by atoms with Crippen LogP contribution in [0.5, 0.6) is 0 Å². The van der Waals surface area contributed by atoms with Crippen LogP contribution in [0.15, 0.2) is 0 Å². The van der Waals surface area contributed by atoms with Gasteiger partial charge in [0.25, 0.3) is 0 Å². The molecule has 1 saturated carbocycles. The number of rotatable bonds is 5. The van der Waals surface area contributed by atoms with E-state index in [0.29, 0.717) is 18.8 Å². The molecule has 120 valence electrons.